The van der Waals surface area contributed by atoms with Crippen molar-refractivity contribution in [3.63, 3.8) is 0 Å². The van der Waals surface area contributed by atoms with Crippen molar-refractivity contribution in [3.8, 4) is 11.8 Å². The summed E-state index contributed by atoms with van der Waals surface area (Å²) in [6.07, 6.45) is -0.417. The highest BCUT2D eigenvalue weighted by molar-refractivity contribution is 6.32. The molecule has 0 fully saturated rings. The summed E-state index contributed by atoms with van der Waals surface area (Å²) >= 11 is 6.52. The van der Waals surface area contributed by atoms with Gasteiger partial charge in [-0.05, 0) is 51.5 Å². The number of carboxylic acids is 1. The van der Waals surface area contributed by atoms with Gasteiger partial charge in [-0.25, -0.2) is 9.59 Å². The molecule has 0 aromatic heterocycles. The summed E-state index contributed by atoms with van der Waals surface area (Å²) in [5.74, 6) is -2.15. The highest BCUT2D eigenvalue weighted by atomic mass is 35.5. The molecule has 0 spiro atoms. The maximum Gasteiger partial charge on any atom is 0.337 e. The lowest BCUT2D eigenvalue weighted by Gasteiger charge is -2.37. The zero-order valence-electron chi connectivity index (χ0n) is 20.0. The van der Waals surface area contributed by atoms with Crippen LogP contribution in [0.25, 0.3) is 0 Å². The molecule has 2 aromatic carbocycles. The topological polar surface area (TPSA) is 99.9 Å². The van der Waals surface area contributed by atoms with E-state index < -0.39 is 24.0 Å². The molecule has 182 valence electrons. The van der Waals surface area contributed by atoms with Gasteiger partial charge in [-0.1, -0.05) is 41.9 Å². The van der Waals surface area contributed by atoms with E-state index in [-0.39, 0.29) is 28.3 Å². The number of carboxylic acid groups (broad SMARTS) is 1. The van der Waals surface area contributed by atoms with Gasteiger partial charge in [0.15, 0.2) is 0 Å². The molecule has 3 rings (SSSR count). The van der Waals surface area contributed by atoms with Gasteiger partial charge in [0.2, 0.25) is 0 Å². The predicted octanol–water partition coefficient (Wildman–Crippen LogP) is 5.27. The zero-order valence-corrected chi connectivity index (χ0v) is 20.8. The van der Waals surface area contributed by atoms with Crippen LogP contribution in [-0.2, 0) is 14.3 Å². The third-order valence-electron chi connectivity index (χ3n) is 5.75. The lowest BCUT2D eigenvalue weighted by atomic mass is 9.79. The fraction of sp³-hybridized carbons (Fsp3) is 0.296. The van der Waals surface area contributed by atoms with Crippen LogP contribution in [0.15, 0.2) is 71.1 Å². The first-order valence-corrected chi connectivity index (χ1v) is 11.5. The van der Waals surface area contributed by atoms with E-state index in [4.69, 9.17) is 21.1 Å². The van der Waals surface area contributed by atoms with Crippen LogP contribution in [0.5, 0.6) is 5.75 Å². The second-order valence-electron chi connectivity index (χ2n) is 8.32. The van der Waals surface area contributed by atoms with E-state index >= 15 is 0 Å². The van der Waals surface area contributed by atoms with Gasteiger partial charge in [0.1, 0.15) is 18.4 Å². The number of hydrogen-bond donors (Lipinski definition) is 1. The summed E-state index contributed by atoms with van der Waals surface area (Å²) in [7, 11) is 0. The molecule has 2 aromatic rings. The Bertz CT molecular complexity index is 1230. The zero-order chi connectivity index (χ0) is 25.7. The number of nitriles is 1. The van der Waals surface area contributed by atoms with Crippen molar-refractivity contribution in [2.45, 2.75) is 39.7 Å². The van der Waals surface area contributed by atoms with Crippen LogP contribution in [0.2, 0.25) is 5.02 Å². The summed E-state index contributed by atoms with van der Waals surface area (Å²) in [4.78, 5) is 27.6. The number of para-hydroxylation sites is 1. The molecule has 1 heterocycles. The third-order valence-corrected chi connectivity index (χ3v) is 6.17. The van der Waals surface area contributed by atoms with Crippen molar-refractivity contribution in [2.24, 2.45) is 0 Å². The minimum Gasteiger partial charge on any atom is -0.492 e. The van der Waals surface area contributed by atoms with Crippen molar-refractivity contribution >= 4 is 23.5 Å². The highest BCUT2D eigenvalue weighted by Gasteiger charge is 2.41. The number of nitrogens with zero attached hydrogens (tertiary/aromatic N) is 2. The number of esters is 1. The van der Waals surface area contributed by atoms with E-state index in [2.05, 4.69) is 0 Å². The Morgan fingerprint density at radius 2 is 1.74 bits per heavy atom. The Hall–Kier alpha value is -3.76. The fourth-order valence-corrected chi connectivity index (χ4v) is 4.48. The molecule has 35 heavy (non-hydrogen) atoms. The normalized spacial score (nSPS) is 15.8. The minimum atomic E-state index is -1.19. The molecule has 7 nitrogen and oxygen atoms in total. The molecular formula is C27H27ClN2O5. The number of aliphatic carboxylic acids is 1. The van der Waals surface area contributed by atoms with Crippen LogP contribution in [0.1, 0.15) is 44.7 Å². The minimum absolute atomic E-state index is 0.0111. The van der Waals surface area contributed by atoms with Gasteiger partial charge in [-0.2, -0.15) is 5.26 Å². The van der Waals surface area contributed by atoms with E-state index in [1.54, 1.807) is 50.8 Å². The monoisotopic (exact) mass is 494 g/mol. The van der Waals surface area contributed by atoms with Crippen LogP contribution < -0.4 is 4.74 Å². The van der Waals surface area contributed by atoms with Crippen molar-refractivity contribution in [1.29, 1.82) is 5.26 Å². The molecule has 0 aliphatic carbocycles. The van der Waals surface area contributed by atoms with Gasteiger partial charge in [-0.3, -0.25) is 0 Å². The lowest BCUT2D eigenvalue weighted by Crippen LogP contribution is -2.37. The molecule has 0 radical (unpaired) electrons. The summed E-state index contributed by atoms with van der Waals surface area (Å²) in [5, 5.41) is 19.8. The molecule has 1 unspecified atom stereocenters. The highest BCUT2D eigenvalue weighted by Crippen LogP contribution is 2.45. The molecule has 0 saturated carbocycles. The van der Waals surface area contributed by atoms with E-state index in [9.17, 15) is 20.0 Å². The predicted molar refractivity (Wildman–Crippen MR) is 132 cm³/mol. The van der Waals surface area contributed by atoms with Gasteiger partial charge in [-0.15, -0.1) is 0 Å². The average Bonchev–Trinajstić information content (AvgIpc) is 2.81. The molecule has 0 bridgehead atoms. The van der Waals surface area contributed by atoms with Crippen LogP contribution in [0, 0.1) is 11.3 Å². The second kappa shape index (κ2) is 11.1. The lowest BCUT2D eigenvalue weighted by molar-refractivity contribution is -0.143. The van der Waals surface area contributed by atoms with Gasteiger partial charge >= 0.3 is 11.9 Å². The number of hydrogen-bond acceptors (Lipinski definition) is 6. The number of carbonyl (C=O) groups is 2. The number of carbonyl (C=O) groups excluding carboxylic acids is 1. The van der Waals surface area contributed by atoms with Crippen molar-refractivity contribution in [1.82, 2.24) is 4.90 Å². The van der Waals surface area contributed by atoms with Gasteiger partial charge < -0.3 is 19.5 Å². The van der Waals surface area contributed by atoms with E-state index in [0.29, 0.717) is 29.3 Å². The van der Waals surface area contributed by atoms with E-state index in [1.165, 1.54) is 0 Å². The summed E-state index contributed by atoms with van der Waals surface area (Å²) in [6, 6.07) is 16.1. The summed E-state index contributed by atoms with van der Waals surface area (Å²) in [6.45, 7) is 7.44. The molecule has 0 amide bonds. The molecule has 1 aliphatic rings. The van der Waals surface area contributed by atoms with Gasteiger partial charge in [0.05, 0.1) is 40.3 Å². The number of ether oxygens (including phenoxy) is 2. The van der Waals surface area contributed by atoms with Crippen molar-refractivity contribution in [2.75, 3.05) is 13.2 Å². The SMILES string of the molecule is CC1=C(C(=O)O)C(c2cccc(C#N)c2Cl)C(C(=O)OC(C)C)=C(C)N1CCOc1ccccc1. The Morgan fingerprint density at radius 3 is 2.34 bits per heavy atom. The van der Waals surface area contributed by atoms with Crippen molar-refractivity contribution in [3.05, 3.63) is 87.2 Å². The maximum absolute atomic E-state index is 13.3. The summed E-state index contributed by atoms with van der Waals surface area (Å²) in [5.41, 5.74) is 1.70. The first kappa shape index (κ1) is 25.9. The standard InChI is InChI=1S/C27H27ClN2O5/c1-16(2)35-27(33)23-18(4)30(13-14-34-20-10-6-5-7-11-20)17(3)22(26(31)32)24(23)21-12-8-9-19(15-29)25(21)28/h5-12,16,24H,13-14H2,1-4H3,(H,31,32). The van der Waals surface area contributed by atoms with Crippen LogP contribution >= 0.6 is 11.6 Å². The molecule has 1 N–H and O–H groups in total. The van der Waals surface area contributed by atoms with Gasteiger partial charge in [0.25, 0.3) is 0 Å². The molecule has 1 atom stereocenters. The largest absolute Gasteiger partial charge is 0.492 e. The van der Waals surface area contributed by atoms with Crippen LogP contribution in [-0.4, -0.2) is 41.2 Å². The number of rotatable bonds is 8. The Labute approximate surface area is 209 Å². The summed E-state index contributed by atoms with van der Waals surface area (Å²) < 4.78 is 11.3. The van der Waals surface area contributed by atoms with E-state index in [1.807, 2.05) is 36.4 Å². The fourth-order valence-electron chi connectivity index (χ4n) is 4.20. The molecule has 1 aliphatic heterocycles. The third kappa shape index (κ3) is 5.50. The van der Waals surface area contributed by atoms with Gasteiger partial charge in [0, 0.05) is 11.4 Å². The average molecular weight is 495 g/mol. The number of halogens is 1. The number of benzene rings is 2. The quantitative estimate of drug-likeness (QED) is 0.498. The first-order chi connectivity index (χ1) is 16.7. The molecule has 0 saturated heterocycles. The van der Waals surface area contributed by atoms with Crippen LogP contribution in [0.3, 0.4) is 0 Å². The van der Waals surface area contributed by atoms with E-state index in [0.717, 1.165) is 0 Å². The Balaban J connectivity index is 2.12. The Morgan fingerprint density at radius 1 is 1.09 bits per heavy atom. The smallest absolute Gasteiger partial charge is 0.337 e. The Kier molecular flexibility index (Phi) is 8.21. The second-order valence-corrected chi connectivity index (χ2v) is 8.70. The molecule has 8 heteroatoms. The molecular weight excluding hydrogens is 468 g/mol. The first-order valence-electron chi connectivity index (χ1n) is 11.2. The van der Waals surface area contributed by atoms with Crippen molar-refractivity contribution < 1.29 is 24.2 Å². The van der Waals surface area contributed by atoms with Crippen LogP contribution in [0.4, 0.5) is 0 Å². The number of allylic oxidation sites excluding steroid dienone is 2. The maximum atomic E-state index is 13.3.